The molecule has 0 atom stereocenters. The van der Waals surface area contributed by atoms with E-state index in [0.717, 1.165) is 33.2 Å². The van der Waals surface area contributed by atoms with Crippen molar-refractivity contribution in [2.75, 3.05) is 47.3 Å². The summed E-state index contributed by atoms with van der Waals surface area (Å²) in [4.78, 5) is 82.4. The Morgan fingerprint density at radius 1 is 0.442 bits per heavy atom. The van der Waals surface area contributed by atoms with Crippen LogP contribution in [0, 0.1) is 51.7 Å². The molecule has 15 rings (SSSR count). The molecule has 0 spiro atoms. The highest BCUT2D eigenvalue weighted by atomic mass is 32.2. The Labute approximate surface area is 592 Å². The van der Waals surface area contributed by atoms with Crippen LogP contribution in [0.4, 0.5) is 17.1 Å². The van der Waals surface area contributed by atoms with Gasteiger partial charge >= 0.3 is 0 Å². The highest BCUT2D eigenvalue weighted by Gasteiger charge is 2.38. The summed E-state index contributed by atoms with van der Waals surface area (Å²) in [5.74, 6) is -0.0781. The molecular weight excluding hydrogens is 1400 g/mol. The van der Waals surface area contributed by atoms with E-state index in [1.165, 1.54) is 94.6 Å². The first-order valence-corrected chi connectivity index (χ1v) is 37.3. The lowest BCUT2D eigenvalue weighted by Gasteiger charge is -2.36. The Kier molecular flexibility index (Phi) is 19.6. The quantitative estimate of drug-likeness (QED) is 0.0313. The van der Waals surface area contributed by atoms with Crippen molar-refractivity contribution in [3.05, 3.63) is 163 Å². The van der Waals surface area contributed by atoms with Crippen molar-refractivity contribution in [2.45, 2.75) is 78.7 Å². The Bertz CT molecular complexity index is 5550. The van der Waals surface area contributed by atoms with Gasteiger partial charge in [-0.15, -0.1) is 0 Å². The zero-order valence-electron chi connectivity index (χ0n) is 55.4. The number of H-pyrrole nitrogens is 3. The third-order valence-corrected chi connectivity index (χ3v) is 23.2. The molecule has 32 nitrogen and oxygen atoms in total. The second-order valence-corrected chi connectivity index (χ2v) is 31.0. The number of pyridine rings is 6. The second kappa shape index (κ2) is 29.2. The number of anilines is 3. The van der Waals surface area contributed by atoms with Crippen LogP contribution in [0.5, 0.6) is 0 Å². The van der Waals surface area contributed by atoms with E-state index in [1.54, 1.807) is 37.2 Å². The van der Waals surface area contributed by atoms with Crippen LogP contribution in [0.3, 0.4) is 0 Å². The number of nitriles is 3. The summed E-state index contributed by atoms with van der Waals surface area (Å²) in [6, 6.07) is 19.9. The number of oxazole rings is 3. The van der Waals surface area contributed by atoms with E-state index in [9.17, 15) is 39.6 Å². The molecule has 3 fully saturated rings. The standard InChI is InChI=1S/2C23H21N7O4S.C23H20N6O4S/c2*1-25-22(31)18-11-29-23(34-18)17-10-28-21-16(3-5-27-21)20(17)30-15-6-14(7-15)12-35(32,33)19-8-13(9-24)2-4-26-19;1-13(30)19-11-28-23(33-19)18-10-27-22-17(3-5-26-22)21(18)29-16-6-15(7-16)12-34(31,32)20-8-14(9-24)2-4-25-20/h2*2-5,8,10-11,14-15H,6-7,12H2,1H3,(H,25,31)(H2,27,28,30);2-5,8,10-11,15-16H,6-7,12H2,1H3,(H2,26,27,29). The van der Waals surface area contributed by atoms with Gasteiger partial charge in [0.1, 0.15) is 16.9 Å². The average Bonchev–Trinajstić information content (AvgIpc) is 1.43. The van der Waals surface area contributed by atoms with Gasteiger partial charge in [-0.25, -0.2) is 70.1 Å². The molecular formula is C69H62N20O12S3. The predicted molar refractivity (Wildman–Crippen MR) is 375 cm³/mol. The van der Waals surface area contributed by atoms with Crippen molar-refractivity contribution in [2.24, 2.45) is 17.8 Å². The molecule has 104 heavy (non-hydrogen) atoms. The number of Topliss-reactive ketones (excluding diaryl/α,β-unsaturated/α-hetero) is 1. The highest BCUT2D eigenvalue weighted by molar-refractivity contribution is 7.91. The largest absolute Gasteiger partial charge is 0.433 e. The predicted octanol–water partition coefficient (Wildman–Crippen LogP) is 8.37. The SMILES string of the molecule is CC(=O)c1cnc(-c2cnc3[nH]ccc3c2NC2CC(CS(=O)(=O)c3cc(C#N)ccn3)C2)o1.CNC(=O)c1cnc(-c2cnc3[nH]ccc3c2NC2CC(CS(=O)(=O)c3cc(C#N)ccn3)C2)o1.CNC(=O)c1cnc(-c2cnc3[nH]ccc3c2NC2CC(CS(=O)(=O)c3cc(C#N)ccn3)C2)o1. The van der Waals surface area contributed by atoms with Crippen LogP contribution in [-0.4, -0.2) is 152 Å². The number of fused-ring (bicyclic) bond motifs is 3. The van der Waals surface area contributed by atoms with E-state index < -0.39 is 29.5 Å². The van der Waals surface area contributed by atoms with Gasteiger partial charge in [-0.1, -0.05) is 0 Å². The van der Waals surface area contributed by atoms with Crippen molar-refractivity contribution in [3.63, 3.8) is 0 Å². The first-order valence-electron chi connectivity index (χ1n) is 32.4. The molecule has 12 aromatic heterocycles. The van der Waals surface area contributed by atoms with E-state index >= 15 is 0 Å². The summed E-state index contributed by atoms with van der Waals surface area (Å²) in [7, 11) is -7.78. The lowest BCUT2D eigenvalue weighted by atomic mass is 9.81. The molecule has 0 bridgehead atoms. The van der Waals surface area contributed by atoms with Crippen molar-refractivity contribution in [3.8, 4) is 52.6 Å². The number of aromatic nitrogens is 12. The van der Waals surface area contributed by atoms with Gasteiger partial charge in [-0.3, -0.25) is 14.4 Å². The summed E-state index contributed by atoms with van der Waals surface area (Å²) in [5.41, 5.74) is 6.90. The van der Waals surface area contributed by atoms with Crippen molar-refractivity contribution in [1.29, 1.82) is 15.8 Å². The van der Waals surface area contributed by atoms with Crippen molar-refractivity contribution >= 4 is 97.3 Å². The number of aromatic amines is 3. The first kappa shape index (κ1) is 69.9. The minimum atomic E-state index is -3.60. The van der Waals surface area contributed by atoms with Gasteiger partial charge in [0, 0.05) is 111 Å². The molecule has 35 heteroatoms. The van der Waals surface area contributed by atoms with Crippen LogP contribution in [0.2, 0.25) is 0 Å². The van der Waals surface area contributed by atoms with Crippen LogP contribution < -0.4 is 26.6 Å². The number of amides is 2. The molecule has 3 aliphatic rings. The van der Waals surface area contributed by atoms with E-state index in [2.05, 4.69) is 86.4 Å². The van der Waals surface area contributed by atoms with E-state index in [4.69, 9.17) is 29.0 Å². The molecule has 3 aliphatic carbocycles. The lowest BCUT2D eigenvalue weighted by Crippen LogP contribution is -2.39. The van der Waals surface area contributed by atoms with Gasteiger partial charge in [-0.05, 0) is 111 Å². The number of rotatable bonds is 21. The summed E-state index contributed by atoms with van der Waals surface area (Å²) < 4.78 is 93.5. The van der Waals surface area contributed by atoms with Gasteiger partial charge in [-0.2, -0.15) is 15.8 Å². The molecule has 0 radical (unpaired) electrons. The maximum Gasteiger partial charge on any atom is 0.288 e. The van der Waals surface area contributed by atoms with Crippen molar-refractivity contribution < 1.29 is 52.9 Å². The fraction of sp³-hybridized carbons (Fsp3) is 0.261. The monoisotopic (exact) mass is 1460 g/mol. The molecule has 0 aromatic carbocycles. The molecule has 12 aromatic rings. The van der Waals surface area contributed by atoms with Crippen LogP contribution in [0.25, 0.3) is 67.5 Å². The summed E-state index contributed by atoms with van der Waals surface area (Å²) in [6.07, 6.45) is 22.2. The Hall–Kier alpha value is -12.5. The summed E-state index contributed by atoms with van der Waals surface area (Å²) >= 11 is 0. The number of hydrogen-bond donors (Lipinski definition) is 8. The maximum atomic E-state index is 12.8. The minimum absolute atomic E-state index is 0.0289. The number of ketones is 1. The van der Waals surface area contributed by atoms with Gasteiger partial charge in [0.05, 0.1) is 104 Å². The number of carbonyl (C=O) groups is 3. The molecule has 8 N–H and O–H groups in total. The molecule has 2 amide bonds. The van der Waals surface area contributed by atoms with E-state index in [1.807, 2.05) is 36.4 Å². The number of nitrogens with one attached hydrogen (secondary N) is 8. The Morgan fingerprint density at radius 3 is 1.02 bits per heavy atom. The Morgan fingerprint density at radius 2 is 0.740 bits per heavy atom. The zero-order valence-corrected chi connectivity index (χ0v) is 57.9. The molecule has 0 saturated heterocycles. The van der Waals surface area contributed by atoms with Crippen molar-refractivity contribution in [1.82, 2.24) is 70.4 Å². The maximum absolute atomic E-state index is 12.8. The number of sulfone groups is 3. The fourth-order valence-electron chi connectivity index (χ4n) is 12.5. The first-order chi connectivity index (χ1) is 50.1. The smallest absolute Gasteiger partial charge is 0.288 e. The van der Waals surface area contributed by atoms with Gasteiger partial charge in [0.25, 0.3) is 11.8 Å². The molecule has 3 saturated carbocycles. The fourth-order valence-corrected chi connectivity index (χ4v) is 17.3. The van der Waals surface area contributed by atoms with Crippen LogP contribution in [-0.2, 0) is 29.5 Å². The van der Waals surface area contributed by atoms with Gasteiger partial charge < -0.3 is 54.8 Å². The highest BCUT2D eigenvalue weighted by Crippen LogP contribution is 2.42. The lowest BCUT2D eigenvalue weighted by molar-refractivity contribution is 0.0929. The summed E-state index contributed by atoms with van der Waals surface area (Å²) in [6.45, 7) is 1.41. The molecule has 0 aliphatic heterocycles. The van der Waals surface area contributed by atoms with Crippen LogP contribution >= 0.6 is 0 Å². The number of carbonyl (C=O) groups excluding carboxylic acids is 3. The molecule has 528 valence electrons. The average molecular weight is 1460 g/mol. The number of hydrogen-bond acceptors (Lipinski definition) is 27. The van der Waals surface area contributed by atoms with Gasteiger partial charge in [0.15, 0.2) is 56.1 Å². The minimum Gasteiger partial charge on any atom is -0.433 e. The summed E-state index contributed by atoms with van der Waals surface area (Å²) in [5, 5.41) is 44.8. The van der Waals surface area contributed by atoms with E-state index in [-0.39, 0.29) is 137 Å². The van der Waals surface area contributed by atoms with Gasteiger partial charge in [0.2, 0.25) is 29.2 Å². The topological polar surface area (TPSA) is 488 Å². The zero-order chi connectivity index (χ0) is 73.0. The number of nitrogens with zero attached hydrogens (tertiary/aromatic N) is 12. The third kappa shape index (κ3) is 14.9. The normalized spacial score (nSPS) is 17.6. The van der Waals surface area contributed by atoms with Crippen LogP contribution in [0.15, 0.2) is 157 Å². The van der Waals surface area contributed by atoms with E-state index in [0.29, 0.717) is 72.2 Å². The van der Waals surface area contributed by atoms with Crippen LogP contribution in [0.1, 0.15) is 93.8 Å². The molecule has 0 unspecified atom stereocenters. The Balaban J connectivity index is 0.000000139. The third-order valence-electron chi connectivity index (χ3n) is 17.9. The molecule has 12 heterocycles. The second-order valence-electron chi connectivity index (χ2n) is 25.0.